The Morgan fingerprint density at radius 1 is 1.18 bits per heavy atom. The fourth-order valence-electron chi connectivity index (χ4n) is 3.86. The number of para-hydroxylation sites is 1. The number of benzene rings is 2. The van der Waals surface area contributed by atoms with Gasteiger partial charge in [-0.05, 0) is 24.1 Å². The van der Waals surface area contributed by atoms with Crippen LogP contribution in [0.4, 0.5) is 5.13 Å². The first-order chi connectivity index (χ1) is 13.7. The predicted molar refractivity (Wildman–Crippen MR) is 119 cm³/mol. The highest BCUT2D eigenvalue weighted by Gasteiger charge is 2.32. The van der Waals surface area contributed by atoms with E-state index in [2.05, 4.69) is 71.5 Å². The normalized spacial score (nSPS) is 20.8. The van der Waals surface area contributed by atoms with Crippen molar-refractivity contribution in [3.05, 3.63) is 66.2 Å². The van der Waals surface area contributed by atoms with Crippen molar-refractivity contribution in [3.8, 4) is 0 Å². The molecule has 2 heterocycles. The standard InChI is InChI=1S/C23H27N3OS/c1-25(23-24-19-12-6-7-13-22(19)28-23)20-14-16-26(17-21(20)27-2)15-8-11-18-9-4-3-5-10-18/h3-13,20-21H,14-17H2,1-2H3. The van der Waals surface area contributed by atoms with Crippen molar-refractivity contribution in [2.75, 3.05) is 38.7 Å². The zero-order chi connectivity index (χ0) is 19.3. The third kappa shape index (κ3) is 4.27. The van der Waals surface area contributed by atoms with E-state index in [0.717, 1.165) is 36.7 Å². The lowest BCUT2D eigenvalue weighted by atomic mass is 10.0. The monoisotopic (exact) mass is 393 g/mol. The molecule has 1 aromatic heterocycles. The maximum atomic E-state index is 5.88. The second kappa shape index (κ2) is 8.86. The third-order valence-corrected chi connectivity index (χ3v) is 6.59. The number of thiazole rings is 1. The van der Waals surface area contributed by atoms with Gasteiger partial charge in [0.25, 0.3) is 0 Å². The first kappa shape index (κ1) is 19.1. The average Bonchev–Trinajstić information content (AvgIpc) is 3.18. The number of likely N-dealkylation sites (tertiary alicyclic amines) is 1. The summed E-state index contributed by atoms with van der Waals surface area (Å²) in [4.78, 5) is 9.61. The molecule has 1 aliphatic heterocycles. The maximum absolute atomic E-state index is 5.88. The van der Waals surface area contributed by atoms with Crippen LogP contribution < -0.4 is 4.90 Å². The lowest BCUT2D eigenvalue weighted by Crippen LogP contribution is -2.54. The molecular formula is C23H27N3OS. The fraction of sp³-hybridized carbons (Fsp3) is 0.348. The molecule has 0 bridgehead atoms. The Balaban J connectivity index is 1.39. The molecule has 4 nitrogen and oxygen atoms in total. The molecule has 1 fully saturated rings. The lowest BCUT2D eigenvalue weighted by Gasteiger charge is -2.41. The van der Waals surface area contributed by atoms with Crippen LogP contribution in [0.2, 0.25) is 0 Å². The van der Waals surface area contributed by atoms with Gasteiger partial charge in [0.2, 0.25) is 0 Å². The molecule has 1 saturated heterocycles. The minimum atomic E-state index is 0.177. The molecule has 0 amide bonds. The van der Waals surface area contributed by atoms with Crippen molar-refractivity contribution >= 4 is 32.8 Å². The summed E-state index contributed by atoms with van der Waals surface area (Å²) in [6, 6.07) is 19.1. The van der Waals surface area contributed by atoms with Gasteiger partial charge in [0.05, 0.1) is 22.4 Å². The summed E-state index contributed by atoms with van der Waals surface area (Å²) in [5.41, 5.74) is 2.32. The molecule has 5 heteroatoms. The molecule has 2 atom stereocenters. The average molecular weight is 394 g/mol. The molecule has 4 rings (SSSR count). The van der Waals surface area contributed by atoms with Crippen LogP contribution in [-0.4, -0.2) is 55.8 Å². The number of rotatable bonds is 6. The molecule has 3 aromatic rings. The van der Waals surface area contributed by atoms with Gasteiger partial charge in [-0.2, -0.15) is 0 Å². The first-order valence-electron chi connectivity index (χ1n) is 9.80. The number of nitrogens with zero attached hydrogens (tertiary/aromatic N) is 3. The summed E-state index contributed by atoms with van der Waals surface area (Å²) < 4.78 is 7.12. The van der Waals surface area contributed by atoms with E-state index in [1.807, 2.05) is 19.2 Å². The highest BCUT2D eigenvalue weighted by Crippen LogP contribution is 2.31. The van der Waals surface area contributed by atoms with Crippen molar-refractivity contribution in [1.29, 1.82) is 0 Å². The van der Waals surface area contributed by atoms with Crippen LogP contribution >= 0.6 is 11.3 Å². The summed E-state index contributed by atoms with van der Waals surface area (Å²) in [6.07, 6.45) is 5.70. The predicted octanol–water partition coefficient (Wildman–Crippen LogP) is 4.54. The van der Waals surface area contributed by atoms with Gasteiger partial charge in [-0.3, -0.25) is 4.90 Å². The van der Waals surface area contributed by atoms with E-state index in [9.17, 15) is 0 Å². The quantitative estimate of drug-likeness (QED) is 0.615. The SMILES string of the molecule is COC1CN(CC=Cc2ccccc2)CCC1N(C)c1nc2ccccc2s1. The van der Waals surface area contributed by atoms with E-state index in [0.29, 0.717) is 6.04 Å². The minimum absolute atomic E-state index is 0.177. The number of fused-ring (bicyclic) bond motifs is 1. The Hall–Kier alpha value is -2.21. The lowest BCUT2D eigenvalue weighted by molar-refractivity contribution is 0.0195. The Morgan fingerprint density at radius 3 is 2.75 bits per heavy atom. The van der Waals surface area contributed by atoms with E-state index in [-0.39, 0.29) is 6.10 Å². The third-order valence-electron chi connectivity index (χ3n) is 5.47. The summed E-state index contributed by atoms with van der Waals surface area (Å²) in [6.45, 7) is 2.96. The zero-order valence-corrected chi connectivity index (χ0v) is 17.3. The second-order valence-corrected chi connectivity index (χ2v) is 8.29. The van der Waals surface area contributed by atoms with Crippen LogP contribution in [0.3, 0.4) is 0 Å². The van der Waals surface area contributed by atoms with Crippen LogP contribution in [0.5, 0.6) is 0 Å². The van der Waals surface area contributed by atoms with Crippen molar-refractivity contribution in [3.63, 3.8) is 0 Å². The van der Waals surface area contributed by atoms with Gasteiger partial charge in [0.1, 0.15) is 0 Å². The van der Waals surface area contributed by atoms with Crippen LogP contribution in [-0.2, 0) is 4.74 Å². The summed E-state index contributed by atoms with van der Waals surface area (Å²) in [7, 11) is 3.98. The van der Waals surface area contributed by atoms with Crippen LogP contribution in [0, 0.1) is 0 Å². The number of aromatic nitrogens is 1. The fourth-order valence-corrected chi connectivity index (χ4v) is 4.85. The van der Waals surface area contributed by atoms with E-state index < -0.39 is 0 Å². The minimum Gasteiger partial charge on any atom is -0.378 e. The molecule has 1 aliphatic rings. The summed E-state index contributed by atoms with van der Waals surface area (Å²) >= 11 is 1.76. The molecule has 2 aromatic carbocycles. The number of hydrogen-bond donors (Lipinski definition) is 0. The van der Waals surface area contributed by atoms with E-state index >= 15 is 0 Å². The molecule has 28 heavy (non-hydrogen) atoms. The van der Waals surface area contributed by atoms with Gasteiger partial charge in [0.15, 0.2) is 5.13 Å². The highest BCUT2D eigenvalue weighted by molar-refractivity contribution is 7.22. The molecule has 2 unspecified atom stereocenters. The molecule has 0 radical (unpaired) electrons. The largest absolute Gasteiger partial charge is 0.378 e. The summed E-state index contributed by atoms with van der Waals surface area (Å²) in [5.74, 6) is 0. The Bertz CT molecular complexity index is 891. The van der Waals surface area contributed by atoms with Gasteiger partial charge < -0.3 is 9.64 Å². The van der Waals surface area contributed by atoms with Gasteiger partial charge in [-0.15, -0.1) is 0 Å². The van der Waals surface area contributed by atoms with Crippen molar-refractivity contribution < 1.29 is 4.74 Å². The molecule has 146 valence electrons. The molecule has 0 saturated carbocycles. The number of likely N-dealkylation sites (N-methyl/N-ethyl adjacent to an activating group) is 1. The Morgan fingerprint density at radius 2 is 1.96 bits per heavy atom. The number of methoxy groups -OCH3 is 1. The molecule has 0 aliphatic carbocycles. The van der Waals surface area contributed by atoms with Crippen LogP contribution in [0.25, 0.3) is 16.3 Å². The number of piperidine rings is 1. The highest BCUT2D eigenvalue weighted by atomic mass is 32.1. The van der Waals surface area contributed by atoms with E-state index in [4.69, 9.17) is 9.72 Å². The maximum Gasteiger partial charge on any atom is 0.186 e. The van der Waals surface area contributed by atoms with Crippen LogP contribution in [0.15, 0.2) is 60.7 Å². The number of ether oxygens (including phenoxy) is 1. The first-order valence-corrected chi connectivity index (χ1v) is 10.6. The van der Waals surface area contributed by atoms with Gasteiger partial charge in [-0.1, -0.05) is 66.0 Å². The van der Waals surface area contributed by atoms with Crippen molar-refractivity contribution in [2.45, 2.75) is 18.6 Å². The molecular weight excluding hydrogens is 366 g/mol. The molecule has 0 spiro atoms. The Kier molecular flexibility index (Phi) is 6.05. The molecule has 0 N–H and O–H groups in total. The zero-order valence-electron chi connectivity index (χ0n) is 16.5. The second-order valence-electron chi connectivity index (χ2n) is 7.28. The summed E-state index contributed by atoms with van der Waals surface area (Å²) in [5, 5.41) is 1.07. The number of hydrogen-bond acceptors (Lipinski definition) is 5. The van der Waals surface area contributed by atoms with E-state index in [1.54, 1.807) is 11.3 Å². The van der Waals surface area contributed by atoms with Crippen LogP contribution in [0.1, 0.15) is 12.0 Å². The van der Waals surface area contributed by atoms with Crippen molar-refractivity contribution in [1.82, 2.24) is 9.88 Å². The van der Waals surface area contributed by atoms with E-state index in [1.165, 1.54) is 10.3 Å². The van der Waals surface area contributed by atoms with Crippen molar-refractivity contribution in [2.24, 2.45) is 0 Å². The van der Waals surface area contributed by atoms with Gasteiger partial charge in [-0.25, -0.2) is 4.98 Å². The van der Waals surface area contributed by atoms with Gasteiger partial charge in [0, 0.05) is 33.8 Å². The smallest absolute Gasteiger partial charge is 0.186 e. The van der Waals surface area contributed by atoms with Gasteiger partial charge >= 0.3 is 0 Å². The topological polar surface area (TPSA) is 28.6 Å². The Labute approximate surface area is 171 Å². The number of anilines is 1.